The van der Waals surface area contributed by atoms with Gasteiger partial charge in [0.15, 0.2) is 11.5 Å². The molecule has 0 unspecified atom stereocenters. The standard InChI is InChI=1S/C14H12ClN3O3/c15-10-7-17-13(16)6-9(10)14(19)18-8-1-2-11-12(5-8)21-4-3-20-11/h1-2,5-7H,3-4H2,(H2,16,17)(H,18,19). The van der Waals surface area contributed by atoms with Crippen LogP contribution in [0.3, 0.4) is 0 Å². The molecule has 0 atom stereocenters. The molecule has 0 bridgehead atoms. The van der Waals surface area contributed by atoms with Gasteiger partial charge in [0, 0.05) is 18.0 Å². The summed E-state index contributed by atoms with van der Waals surface area (Å²) in [5.41, 5.74) is 6.41. The van der Waals surface area contributed by atoms with Gasteiger partial charge in [-0.1, -0.05) is 11.6 Å². The first-order valence-corrected chi connectivity index (χ1v) is 6.63. The summed E-state index contributed by atoms with van der Waals surface area (Å²) in [5.74, 6) is 1.11. The van der Waals surface area contributed by atoms with Crippen LogP contribution in [0.2, 0.25) is 5.02 Å². The number of aromatic nitrogens is 1. The first kappa shape index (κ1) is 13.5. The lowest BCUT2D eigenvalue weighted by Gasteiger charge is -2.19. The van der Waals surface area contributed by atoms with Gasteiger partial charge < -0.3 is 20.5 Å². The molecule has 1 amide bonds. The lowest BCUT2D eigenvalue weighted by Crippen LogP contribution is -2.16. The molecule has 2 heterocycles. The molecule has 2 aromatic rings. The molecule has 1 aromatic carbocycles. The maximum absolute atomic E-state index is 12.2. The van der Waals surface area contributed by atoms with E-state index >= 15 is 0 Å². The van der Waals surface area contributed by atoms with Crippen molar-refractivity contribution < 1.29 is 14.3 Å². The van der Waals surface area contributed by atoms with Crippen LogP contribution in [0.15, 0.2) is 30.5 Å². The van der Waals surface area contributed by atoms with E-state index in [4.69, 9.17) is 26.8 Å². The number of carbonyl (C=O) groups is 1. The molecular formula is C14H12ClN3O3. The molecule has 0 radical (unpaired) electrons. The molecule has 0 spiro atoms. The van der Waals surface area contributed by atoms with Crippen molar-refractivity contribution >= 4 is 29.0 Å². The highest BCUT2D eigenvalue weighted by molar-refractivity contribution is 6.34. The second-order valence-electron chi connectivity index (χ2n) is 4.40. The summed E-state index contributed by atoms with van der Waals surface area (Å²) in [7, 11) is 0. The Morgan fingerprint density at radius 2 is 2.00 bits per heavy atom. The number of hydrogen-bond donors (Lipinski definition) is 2. The normalized spacial score (nSPS) is 12.8. The Bertz CT molecular complexity index is 706. The molecule has 108 valence electrons. The van der Waals surface area contributed by atoms with E-state index in [0.29, 0.717) is 30.4 Å². The Balaban J connectivity index is 1.83. The second-order valence-corrected chi connectivity index (χ2v) is 4.81. The molecule has 1 aromatic heterocycles. The maximum Gasteiger partial charge on any atom is 0.257 e. The lowest BCUT2D eigenvalue weighted by molar-refractivity contribution is 0.102. The van der Waals surface area contributed by atoms with Crippen molar-refractivity contribution in [2.75, 3.05) is 24.3 Å². The molecule has 3 N–H and O–H groups in total. The molecular weight excluding hydrogens is 294 g/mol. The molecule has 7 heteroatoms. The number of benzene rings is 1. The number of halogens is 1. The third-order valence-electron chi connectivity index (χ3n) is 2.92. The van der Waals surface area contributed by atoms with Crippen LogP contribution in [0.5, 0.6) is 11.5 Å². The van der Waals surface area contributed by atoms with E-state index in [2.05, 4.69) is 10.3 Å². The van der Waals surface area contributed by atoms with Gasteiger partial charge in [-0.3, -0.25) is 4.79 Å². The molecule has 0 saturated carbocycles. The van der Waals surface area contributed by atoms with Crippen molar-refractivity contribution in [3.63, 3.8) is 0 Å². The van der Waals surface area contributed by atoms with Gasteiger partial charge in [0.1, 0.15) is 19.0 Å². The first-order valence-electron chi connectivity index (χ1n) is 6.25. The summed E-state index contributed by atoms with van der Waals surface area (Å²) in [6, 6.07) is 6.59. The van der Waals surface area contributed by atoms with Gasteiger partial charge in [-0.05, 0) is 18.2 Å². The fourth-order valence-corrected chi connectivity index (χ4v) is 2.14. The van der Waals surface area contributed by atoms with Crippen LogP contribution in [0, 0.1) is 0 Å². The van der Waals surface area contributed by atoms with Gasteiger partial charge in [-0.25, -0.2) is 4.98 Å². The van der Waals surface area contributed by atoms with Crippen LogP contribution in [0.25, 0.3) is 0 Å². The van der Waals surface area contributed by atoms with E-state index < -0.39 is 0 Å². The molecule has 21 heavy (non-hydrogen) atoms. The summed E-state index contributed by atoms with van der Waals surface area (Å²) >= 11 is 5.95. The zero-order chi connectivity index (χ0) is 14.8. The van der Waals surface area contributed by atoms with Crippen molar-refractivity contribution in [1.82, 2.24) is 4.98 Å². The van der Waals surface area contributed by atoms with E-state index in [0.717, 1.165) is 0 Å². The summed E-state index contributed by atoms with van der Waals surface area (Å²) in [4.78, 5) is 16.0. The number of ether oxygens (including phenoxy) is 2. The maximum atomic E-state index is 12.2. The summed E-state index contributed by atoms with van der Waals surface area (Å²) in [6.45, 7) is 1.00. The van der Waals surface area contributed by atoms with E-state index in [-0.39, 0.29) is 22.3 Å². The van der Waals surface area contributed by atoms with Gasteiger partial charge in [0.05, 0.1) is 10.6 Å². The summed E-state index contributed by atoms with van der Waals surface area (Å²) in [6.07, 6.45) is 1.34. The molecule has 1 aliphatic heterocycles. The molecule has 0 fully saturated rings. The minimum absolute atomic E-state index is 0.228. The number of hydrogen-bond acceptors (Lipinski definition) is 5. The number of nitrogens with two attached hydrogens (primary N) is 1. The number of nitrogens with one attached hydrogen (secondary N) is 1. The zero-order valence-corrected chi connectivity index (χ0v) is 11.7. The Labute approximate surface area is 125 Å². The van der Waals surface area contributed by atoms with Crippen LogP contribution < -0.4 is 20.5 Å². The fourth-order valence-electron chi connectivity index (χ4n) is 1.95. The second kappa shape index (κ2) is 5.49. The van der Waals surface area contributed by atoms with Crippen molar-refractivity contribution in [2.45, 2.75) is 0 Å². The van der Waals surface area contributed by atoms with Crippen molar-refractivity contribution in [1.29, 1.82) is 0 Å². The monoisotopic (exact) mass is 305 g/mol. The minimum Gasteiger partial charge on any atom is -0.486 e. The van der Waals surface area contributed by atoms with E-state index in [1.807, 2.05) is 0 Å². The average Bonchev–Trinajstić information content (AvgIpc) is 2.49. The molecule has 3 rings (SSSR count). The van der Waals surface area contributed by atoms with Crippen LogP contribution >= 0.6 is 11.6 Å². The smallest absolute Gasteiger partial charge is 0.257 e. The van der Waals surface area contributed by atoms with Gasteiger partial charge in [0.25, 0.3) is 5.91 Å². The number of fused-ring (bicyclic) bond motifs is 1. The average molecular weight is 306 g/mol. The fraction of sp³-hybridized carbons (Fsp3) is 0.143. The Hall–Kier alpha value is -2.47. The molecule has 0 saturated heterocycles. The van der Waals surface area contributed by atoms with Gasteiger partial charge >= 0.3 is 0 Å². The van der Waals surface area contributed by atoms with Crippen molar-refractivity contribution in [3.8, 4) is 11.5 Å². The van der Waals surface area contributed by atoms with Crippen molar-refractivity contribution in [3.05, 3.63) is 41.0 Å². The van der Waals surface area contributed by atoms with E-state index in [1.54, 1.807) is 18.2 Å². The van der Waals surface area contributed by atoms with Crippen LogP contribution in [-0.2, 0) is 0 Å². The largest absolute Gasteiger partial charge is 0.486 e. The highest BCUT2D eigenvalue weighted by Gasteiger charge is 2.15. The number of pyridine rings is 1. The SMILES string of the molecule is Nc1cc(C(=O)Nc2ccc3c(c2)OCCO3)c(Cl)cn1. The number of amides is 1. The summed E-state index contributed by atoms with van der Waals surface area (Å²) < 4.78 is 10.9. The highest BCUT2D eigenvalue weighted by atomic mass is 35.5. The lowest BCUT2D eigenvalue weighted by atomic mass is 10.2. The third kappa shape index (κ3) is 2.85. The zero-order valence-electron chi connectivity index (χ0n) is 10.9. The van der Waals surface area contributed by atoms with Gasteiger partial charge in [0.2, 0.25) is 0 Å². The first-order chi connectivity index (χ1) is 10.1. The number of rotatable bonds is 2. The minimum atomic E-state index is -0.370. The van der Waals surface area contributed by atoms with Gasteiger partial charge in [-0.2, -0.15) is 0 Å². The Morgan fingerprint density at radius 1 is 1.24 bits per heavy atom. The Morgan fingerprint density at radius 3 is 2.81 bits per heavy atom. The molecule has 1 aliphatic rings. The van der Waals surface area contributed by atoms with Gasteiger partial charge in [-0.15, -0.1) is 0 Å². The third-order valence-corrected chi connectivity index (χ3v) is 3.22. The quantitative estimate of drug-likeness (QED) is 0.889. The van der Waals surface area contributed by atoms with Crippen LogP contribution in [-0.4, -0.2) is 24.1 Å². The number of nitrogen functional groups attached to an aromatic ring is 1. The number of anilines is 2. The van der Waals surface area contributed by atoms with E-state index in [1.165, 1.54) is 12.3 Å². The Kier molecular flexibility index (Phi) is 3.53. The predicted octanol–water partition coefficient (Wildman–Crippen LogP) is 2.34. The van der Waals surface area contributed by atoms with Crippen LogP contribution in [0.4, 0.5) is 11.5 Å². The number of carbonyl (C=O) groups excluding carboxylic acids is 1. The van der Waals surface area contributed by atoms with Crippen LogP contribution in [0.1, 0.15) is 10.4 Å². The molecule has 6 nitrogen and oxygen atoms in total. The number of nitrogens with zero attached hydrogens (tertiary/aromatic N) is 1. The topological polar surface area (TPSA) is 86.5 Å². The predicted molar refractivity (Wildman–Crippen MR) is 79.0 cm³/mol. The highest BCUT2D eigenvalue weighted by Crippen LogP contribution is 2.32. The summed E-state index contributed by atoms with van der Waals surface area (Å²) in [5, 5.41) is 2.97. The molecule has 0 aliphatic carbocycles. The van der Waals surface area contributed by atoms with E-state index in [9.17, 15) is 4.79 Å². The van der Waals surface area contributed by atoms with Crippen molar-refractivity contribution in [2.24, 2.45) is 0 Å².